The molecule has 1 heterocycles. The van der Waals surface area contributed by atoms with Gasteiger partial charge in [0.15, 0.2) is 0 Å². The van der Waals surface area contributed by atoms with Gasteiger partial charge >= 0.3 is 0 Å². The van der Waals surface area contributed by atoms with Crippen LogP contribution in [-0.2, 0) is 16.4 Å². The Hall–Kier alpha value is -1.40. The number of benzene rings is 1. The van der Waals surface area contributed by atoms with E-state index >= 15 is 0 Å². The van der Waals surface area contributed by atoms with Crippen LogP contribution in [0.2, 0.25) is 0 Å². The van der Waals surface area contributed by atoms with Gasteiger partial charge in [-0.1, -0.05) is 30.3 Å². The number of anilines is 1. The highest BCUT2D eigenvalue weighted by Crippen LogP contribution is 2.17. The fourth-order valence-electron chi connectivity index (χ4n) is 1.75. The average molecular weight is 355 g/mol. The molecule has 1 aromatic carbocycles. The summed E-state index contributed by atoms with van der Waals surface area (Å²) in [7, 11) is -3.37. The summed E-state index contributed by atoms with van der Waals surface area (Å²) >= 11 is 3.25. The maximum Gasteiger partial charge on any atom is 0.233 e. The molecule has 0 aliphatic rings. The molecule has 1 N–H and O–H groups in total. The zero-order valence-electron chi connectivity index (χ0n) is 11.0. The fraction of sp³-hybridized carbons (Fsp3) is 0.214. The number of hydrogen-bond acceptors (Lipinski definition) is 3. The largest absolute Gasteiger partial charge is 0.282 e. The zero-order valence-corrected chi connectivity index (χ0v) is 13.4. The molecule has 0 spiro atoms. The summed E-state index contributed by atoms with van der Waals surface area (Å²) in [6.45, 7) is 1.76. The van der Waals surface area contributed by atoms with Crippen molar-refractivity contribution >= 4 is 31.6 Å². The maximum atomic E-state index is 12.1. The van der Waals surface area contributed by atoms with Crippen LogP contribution >= 0.6 is 15.9 Å². The first-order valence-corrected chi connectivity index (χ1v) is 8.58. The van der Waals surface area contributed by atoms with Crippen molar-refractivity contribution in [2.24, 2.45) is 0 Å². The number of halogens is 1. The molecule has 0 aliphatic heterocycles. The Morgan fingerprint density at radius 2 is 1.85 bits per heavy atom. The van der Waals surface area contributed by atoms with Crippen LogP contribution in [0.4, 0.5) is 5.69 Å². The summed E-state index contributed by atoms with van der Waals surface area (Å²) in [6, 6.07) is 13.0. The molecule has 0 unspecified atom stereocenters. The van der Waals surface area contributed by atoms with Crippen LogP contribution in [0.3, 0.4) is 0 Å². The fourth-order valence-corrected chi connectivity index (χ4v) is 3.31. The van der Waals surface area contributed by atoms with Crippen LogP contribution in [0.5, 0.6) is 0 Å². The summed E-state index contributed by atoms with van der Waals surface area (Å²) in [4.78, 5) is 4.17. The predicted octanol–water partition coefficient (Wildman–Crippen LogP) is 3.14. The molecule has 0 fully saturated rings. The lowest BCUT2D eigenvalue weighted by Crippen LogP contribution is -2.19. The molecule has 0 radical (unpaired) electrons. The van der Waals surface area contributed by atoms with Crippen LogP contribution in [-0.4, -0.2) is 19.2 Å². The normalized spacial score (nSPS) is 11.3. The van der Waals surface area contributed by atoms with Crippen molar-refractivity contribution in [1.82, 2.24) is 4.98 Å². The van der Waals surface area contributed by atoms with E-state index in [-0.39, 0.29) is 5.75 Å². The molecule has 0 saturated carbocycles. The molecule has 0 amide bonds. The van der Waals surface area contributed by atoms with E-state index in [4.69, 9.17) is 0 Å². The Balaban J connectivity index is 2.04. The van der Waals surface area contributed by atoms with Crippen LogP contribution in [0.15, 0.2) is 47.1 Å². The van der Waals surface area contributed by atoms with Crippen molar-refractivity contribution < 1.29 is 8.42 Å². The number of hydrogen-bond donors (Lipinski definition) is 1. The number of pyridine rings is 1. The lowest BCUT2D eigenvalue weighted by Gasteiger charge is -2.10. The highest BCUT2D eigenvalue weighted by molar-refractivity contribution is 9.10. The van der Waals surface area contributed by atoms with Crippen molar-refractivity contribution in [3.05, 3.63) is 58.3 Å². The van der Waals surface area contributed by atoms with E-state index in [2.05, 4.69) is 25.6 Å². The van der Waals surface area contributed by atoms with Gasteiger partial charge in [0, 0.05) is 0 Å². The topological polar surface area (TPSA) is 59.1 Å². The van der Waals surface area contributed by atoms with Gasteiger partial charge in [-0.3, -0.25) is 4.72 Å². The van der Waals surface area contributed by atoms with Gasteiger partial charge in [-0.15, -0.1) is 0 Å². The average Bonchev–Trinajstić information content (AvgIpc) is 2.41. The summed E-state index contributed by atoms with van der Waals surface area (Å²) in [5.41, 5.74) is 2.16. The summed E-state index contributed by atoms with van der Waals surface area (Å²) in [6.07, 6.45) is 0.485. The van der Waals surface area contributed by atoms with Crippen molar-refractivity contribution in [3.8, 4) is 0 Å². The number of nitrogens with zero attached hydrogens (tertiary/aromatic N) is 1. The van der Waals surface area contributed by atoms with E-state index in [9.17, 15) is 8.42 Å². The molecule has 4 nitrogen and oxygen atoms in total. The maximum absolute atomic E-state index is 12.1. The van der Waals surface area contributed by atoms with Crippen molar-refractivity contribution in [1.29, 1.82) is 0 Å². The van der Waals surface area contributed by atoms with Crippen molar-refractivity contribution in [2.45, 2.75) is 13.3 Å². The van der Waals surface area contributed by atoms with Gasteiger partial charge in [0.05, 0.1) is 17.1 Å². The predicted molar refractivity (Wildman–Crippen MR) is 84.2 cm³/mol. The summed E-state index contributed by atoms with van der Waals surface area (Å²) < 4.78 is 27.4. The van der Waals surface area contributed by atoms with Crippen LogP contribution in [0, 0.1) is 6.92 Å². The van der Waals surface area contributed by atoms with Crippen LogP contribution in [0.25, 0.3) is 0 Å². The molecule has 2 rings (SSSR count). The molecule has 106 valence electrons. The summed E-state index contributed by atoms with van der Waals surface area (Å²) in [5, 5.41) is 0. The monoisotopic (exact) mass is 354 g/mol. The second-order valence-corrected chi connectivity index (χ2v) is 7.08. The quantitative estimate of drug-likeness (QED) is 0.839. The first-order chi connectivity index (χ1) is 9.46. The minimum absolute atomic E-state index is 0.0481. The third-order valence-electron chi connectivity index (χ3n) is 2.82. The van der Waals surface area contributed by atoms with E-state index < -0.39 is 10.0 Å². The zero-order chi connectivity index (χ0) is 14.6. The molecule has 6 heteroatoms. The van der Waals surface area contributed by atoms with Crippen molar-refractivity contribution in [3.63, 3.8) is 0 Å². The number of sulfonamides is 1. The molecule has 20 heavy (non-hydrogen) atoms. The minimum Gasteiger partial charge on any atom is -0.282 e. The first kappa shape index (κ1) is 15.0. The Labute approximate surface area is 127 Å². The van der Waals surface area contributed by atoms with E-state index in [1.54, 1.807) is 19.1 Å². The molecule has 0 saturated heterocycles. The molecular formula is C14H15BrN2O2S. The number of aromatic nitrogens is 1. The first-order valence-electron chi connectivity index (χ1n) is 6.14. The van der Waals surface area contributed by atoms with E-state index in [0.29, 0.717) is 22.4 Å². The Kier molecular flexibility index (Phi) is 4.77. The van der Waals surface area contributed by atoms with E-state index in [1.807, 2.05) is 30.3 Å². The highest BCUT2D eigenvalue weighted by Gasteiger charge is 2.12. The third-order valence-corrected chi connectivity index (χ3v) is 4.53. The third kappa shape index (κ3) is 4.31. The van der Waals surface area contributed by atoms with Gasteiger partial charge in [-0.25, -0.2) is 13.4 Å². The van der Waals surface area contributed by atoms with E-state index in [0.717, 1.165) is 5.56 Å². The standard InChI is InChI=1S/C14H15BrN2O2S/c1-11-13(7-8-14(15)16-11)17-20(18,19)10-9-12-5-3-2-4-6-12/h2-8,17H,9-10H2,1H3. The van der Waals surface area contributed by atoms with E-state index in [1.165, 1.54) is 0 Å². The Morgan fingerprint density at radius 1 is 1.15 bits per heavy atom. The molecule has 1 aromatic heterocycles. The Morgan fingerprint density at radius 3 is 2.50 bits per heavy atom. The van der Waals surface area contributed by atoms with Gasteiger partial charge in [0.25, 0.3) is 0 Å². The van der Waals surface area contributed by atoms with Gasteiger partial charge < -0.3 is 0 Å². The van der Waals surface area contributed by atoms with Crippen LogP contribution in [0.1, 0.15) is 11.3 Å². The second-order valence-electron chi connectivity index (χ2n) is 4.42. The SMILES string of the molecule is Cc1nc(Br)ccc1NS(=O)(=O)CCc1ccccc1. The number of nitrogens with one attached hydrogen (secondary N) is 1. The molecule has 0 aliphatic carbocycles. The molecule has 2 aromatic rings. The van der Waals surface area contributed by atoms with Gasteiger partial charge in [-0.2, -0.15) is 0 Å². The molecule has 0 atom stereocenters. The highest BCUT2D eigenvalue weighted by atomic mass is 79.9. The van der Waals surface area contributed by atoms with Crippen LogP contribution < -0.4 is 4.72 Å². The lowest BCUT2D eigenvalue weighted by molar-refractivity contribution is 0.600. The van der Waals surface area contributed by atoms with Gasteiger partial charge in [0.1, 0.15) is 4.60 Å². The second kappa shape index (κ2) is 6.37. The number of aryl methyl sites for hydroxylation is 2. The smallest absolute Gasteiger partial charge is 0.233 e. The van der Waals surface area contributed by atoms with Gasteiger partial charge in [0.2, 0.25) is 10.0 Å². The molecular weight excluding hydrogens is 340 g/mol. The summed E-state index contributed by atoms with van der Waals surface area (Å²) in [5.74, 6) is 0.0481. The Bertz CT molecular complexity index is 688. The number of rotatable bonds is 5. The lowest BCUT2D eigenvalue weighted by atomic mass is 10.2. The van der Waals surface area contributed by atoms with Crippen molar-refractivity contribution in [2.75, 3.05) is 10.5 Å². The minimum atomic E-state index is -3.37. The van der Waals surface area contributed by atoms with Gasteiger partial charge in [-0.05, 0) is 47.0 Å². The molecule has 0 bridgehead atoms.